The number of allylic oxidation sites excluding steroid dienone is 7. The molecule has 0 fully saturated rings. The standard InChI is InChI=1S/C55H42N2/c1-55(2)49-24-10-8-23-46(49)47-29-31-52-53(54(47)55)48-35-41(27-30-51(48)57(52)44-21-13-19-40(34-44)36-14-4-3-5-15-36)38-18-12-20-42(32-38)45-22-9-11-25-50(45)56-43-28-26-37-16-6-7-17-39(37)33-43/h3-35,37,39,56H,1-2H3/t37-,39?/m0/s1. The Bertz CT molecular complexity index is 3020. The largest absolute Gasteiger partial charge is 0.355 e. The molecule has 57 heavy (non-hydrogen) atoms. The molecule has 2 heteroatoms. The molecule has 1 N–H and O–H groups in total. The minimum Gasteiger partial charge on any atom is -0.355 e. The topological polar surface area (TPSA) is 17.0 Å². The third-order valence-corrected chi connectivity index (χ3v) is 12.5. The quantitative estimate of drug-likeness (QED) is 0.180. The van der Waals surface area contributed by atoms with Crippen LogP contribution in [0.25, 0.3) is 72.0 Å². The lowest BCUT2D eigenvalue weighted by molar-refractivity contribution is 0.655. The first-order valence-electron chi connectivity index (χ1n) is 20.1. The van der Waals surface area contributed by atoms with Crippen LogP contribution in [0.2, 0.25) is 0 Å². The third kappa shape index (κ3) is 5.47. The fourth-order valence-corrected chi connectivity index (χ4v) is 9.72. The van der Waals surface area contributed by atoms with Crippen LogP contribution in [-0.2, 0) is 5.41 Å². The van der Waals surface area contributed by atoms with Crippen LogP contribution in [0.5, 0.6) is 0 Å². The number of fused-ring (bicyclic) bond motifs is 8. The summed E-state index contributed by atoms with van der Waals surface area (Å²) in [6.07, 6.45) is 15.7. The highest BCUT2D eigenvalue weighted by Crippen LogP contribution is 2.53. The molecule has 1 aromatic heterocycles. The lowest BCUT2D eigenvalue weighted by Crippen LogP contribution is -2.15. The smallest absolute Gasteiger partial charge is 0.0544 e. The van der Waals surface area contributed by atoms with Crippen LogP contribution in [-0.4, -0.2) is 4.57 Å². The van der Waals surface area contributed by atoms with Crippen LogP contribution in [0, 0.1) is 11.8 Å². The van der Waals surface area contributed by atoms with Crippen molar-refractivity contribution in [2.75, 3.05) is 5.32 Å². The Hall–Kier alpha value is -6.90. The SMILES string of the molecule is CC1(C)c2ccccc2-c2ccc3c(c21)c1cc(-c2cccc(-c4ccccc4NC4=CC5C=CC=C[C@H]5C=C4)c2)ccc1n3-c1cccc(-c2ccccc2)c1. The second-order valence-electron chi connectivity index (χ2n) is 16.2. The van der Waals surface area contributed by atoms with Gasteiger partial charge in [-0.25, -0.2) is 0 Å². The average molecular weight is 731 g/mol. The summed E-state index contributed by atoms with van der Waals surface area (Å²) in [4.78, 5) is 0. The van der Waals surface area contributed by atoms with Crippen molar-refractivity contribution in [2.24, 2.45) is 11.8 Å². The molecule has 0 spiro atoms. The molecule has 3 aliphatic carbocycles. The second-order valence-corrected chi connectivity index (χ2v) is 16.2. The molecular weight excluding hydrogens is 689 g/mol. The fraction of sp³-hybridized carbons (Fsp3) is 0.0909. The molecule has 0 radical (unpaired) electrons. The normalized spacial score (nSPS) is 17.3. The number of nitrogens with zero attached hydrogens (tertiary/aromatic N) is 1. The van der Waals surface area contributed by atoms with Gasteiger partial charge in [-0.15, -0.1) is 0 Å². The number of nitrogens with one attached hydrogen (secondary N) is 1. The summed E-state index contributed by atoms with van der Waals surface area (Å²) in [6, 6.07) is 58.2. The van der Waals surface area contributed by atoms with E-state index < -0.39 is 0 Å². The lowest BCUT2D eigenvalue weighted by Gasteiger charge is -2.24. The highest BCUT2D eigenvalue weighted by atomic mass is 15.0. The molecule has 0 amide bonds. The van der Waals surface area contributed by atoms with E-state index in [4.69, 9.17) is 0 Å². The minimum absolute atomic E-state index is 0.156. The Kier molecular flexibility index (Phi) is 7.69. The highest BCUT2D eigenvalue weighted by molar-refractivity contribution is 6.15. The second kappa shape index (κ2) is 13.1. The summed E-state index contributed by atoms with van der Waals surface area (Å²) < 4.78 is 2.48. The summed E-state index contributed by atoms with van der Waals surface area (Å²) >= 11 is 0. The maximum Gasteiger partial charge on any atom is 0.0544 e. The molecule has 1 heterocycles. The molecule has 2 atom stereocenters. The zero-order valence-electron chi connectivity index (χ0n) is 32.2. The van der Waals surface area contributed by atoms with Crippen molar-refractivity contribution >= 4 is 27.5 Å². The van der Waals surface area contributed by atoms with Crippen molar-refractivity contribution in [3.8, 4) is 50.2 Å². The molecule has 272 valence electrons. The Morgan fingerprint density at radius 2 is 1.19 bits per heavy atom. The van der Waals surface area contributed by atoms with Gasteiger partial charge in [0.25, 0.3) is 0 Å². The predicted molar refractivity (Wildman–Crippen MR) is 241 cm³/mol. The van der Waals surface area contributed by atoms with E-state index in [1.54, 1.807) is 0 Å². The van der Waals surface area contributed by atoms with Crippen molar-refractivity contribution in [1.29, 1.82) is 0 Å². The van der Waals surface area contributed by atoms with Gasteiger partial charge < -0.3 is 9.88 Å². The Balaban J connectivity index is 1.06. The lowest BCUT2D eigenvalue weighted by atomic mass is 9.80. The van der Waals surface area contributed by atoms with Crippen LogP contribution >= 0.6 is 0 Å². The first-order valence-corrected chi connectivity index (χ1v) is 20.1. The number of benzene rings is 7. The molecule has 11 rings (SSSR count). The van der Waals surface area contributed by atoms with Gasteiger partial charge in [-0.1, -0.05) is 166 Å². The van der Waals surface area contributed by atoms with Gasteiger partial charge in [0.1, 0.15) is 0 Å². The van der Waals surface area contributed by atoms with Crippen molar-refractivity contribution in [3.63, 3.8) is 0 Å². The fourth-order valence-electron chi connectivity index (χ4n) is 9.72. The van der Waals surface area contributed by atoms with E-state index in [2.05, 4.69) is 224 Å². The highest BCUT2D eigenvalue weighted by Gasteiger charge is 2.38. The van der Waals surface area contributed by atoms with E-state index in [1.165, 1.54) is 77.4 Å². The van der Waals surface area contributed by atoms with Crippen LogP contribution in [0.4, 0.5) is 5.69 Å². The van der Waals surface area contributed by atoms with Gasteiger partial charge in [-0.2, -0.15) is 0 Å². The van der Waals surface area contributed by atoms with Gasteiger partial charge in [0.2, 0.25) is 0 Å². The van der Waals surface area contributed by atoms with Gasteiger partial charge in [0.05, 0.1) is 11.0 Å². The van der Waals surface area contributed by atoms with Gasteiger partial charge in [-0.05, 0) is 98.6 Å². The zero-order valence-corrected chi connectivity index (χ0v) is 32.2. The van der Waals surface area contributed by atoms with Gasteiger partial charge in [0.15, 0.2) is 0 Å². The molecule has 0 aliphatic heterocycles. The monoisotopic (exact) mass is 730 g/mol. The Morgan fingerprint density at radius 1 is 0.509 bits per heavy atom. The van der Waals surface area contributed by atoms with Crippen LogP contribution < -0.4 is 5.32 Å². The molecule has 1 unspecified atom stereocenters. The van der Waals surface area contributed by atoms with E-state index in [0.29, 0.717) is 11.8 Å². The molecule has 3 aliphatic rings. The minimum atomic E-state index is -0.156. The number of anilines is 1. The van der Waals surface area contributed by atoms with E-state index >= 15 is 0 Å². The maximum atomic E-state index is 3.77. The van der Waals surface area contributed by atoms with Crippen LogP contribution in [0.1, 0.15) is 25.0 Å². The number of hydrogen-bond donors (Lipinski definition) is 1. The number of hydrogen-bond acceptors (Lipinski definition) is 1. The summed E-state index contributed by atoms with van der Waals surface area (Å²) in [5.41, 5.74) is 18.4. The van der Waals surface area contributed by atoms with Crippen molar-refractivity contribution in [2.45, 2.75) is 19.3 Å². The Morgan fingerprint density at radius 3 is 2.07 bits per heavy atom. The molecular formula is C55H42N2. The third-order valence-electron chi connectivity index (χ3n) is 12.5. The Labute approximate surface area is 334 Å². The van der Waals surface area contributed by atoms with E-state index in [0.717, 1.165) is 17.1 Å². The van der Waals surface area contributed by atoms with Crippen molar-refractivity contribution in [3.05, 3.63) is 217 Å². The maximum absolute atomic E-state index is 3.77. The van der Waals surface area contributed by atoms with E-state index in [1.807, 2.05) is 0 Å². The van der Waals surface area contributed by atoms with Gasteiger partial charge in [-0.3, -0.25) is 0 Å². The number of para-hydroxylation sites is 1. The summed E-state index contributed by atoms with van der Waals surface area (Å²) in [5.74, 6) is 0.813. The molecule has 0 saturated carbocycles. The summed E-state index contributed by atoms with van der Waals surface area (Å²) in [7, 11) is 0. The van der Waals surface area contributed by atoms with E-state index in [9.17, 15) is 0 Å². The molecule has 8 aromatic rings. The first kappa shape index (κ1) is 33.4. The molecule has 7 aromatic carbocycles. The number of rotatable bonds is 6. The summed E-state index contributed by atoms with van der Waals surface area (Å²) in [5, 5.41) is 6.38. The molecule has 2 nitrogen and oxygen atoms in total. The average Bonchev–Trinajstić information content (AvgIpc) is 3.72. The van der Waals surface area contributed by atoms with Crippen molar-refractivity contribution in [1.82, 2.24) is 4.57 Å². The van der Waals surface area contributed by atoms with Gasteiger partial charge >= 0.3 is 0 Å². The first-order chi connectivity index (χ1) is 28.0. The molecule has 0 saturated heterocycles. The predicted octanol–water partition coefficient (Wildman–Crippen LogP) is 14.3. The van der Waals surface area contributed by atoms with Crippen LogP contribution in [0.15, 0.2) is 206 Å². The molecule has 0 bridgehead atoms. The van der Waals surface area contributed by atoms with E-state index in [-0.39, 0.29) is 5.41 Å². The zero-order chi connectivity index (χ0) is 38.1. The summed E-state index contributed by atoms with van der Waals surface area (Å²) in [6.45, 7) is 4.80. The van der Waals surface area contributed by atoms with Crippen molar-refractivity contribution < 1.29 is 0 Å². The van der Waals surface area contributed by atoms with Crippen LogP contribution in [0.3, 0.4) is 0 Å². The number of aromatic nitrogens is 1. The van der Waals surface area contributed by atoms with Gasteiger partial charge in [0, 0.05) is 50.7 Å².